The third-order valence-electron chi connectivity index (χ3n) is 4.63. The number of halogens is 1. The number of carbonyl (C=O) groups is 2. The van der Waals surface area contributed by atoms with E-state index in [2.05, 4.69) is 0 Å². The largest absolute Gasteiger partial charge is 0.497 e. The fourth-order valence-corrected chi connectivity index (χ4v) is 5.00. The highest BCUT2D eigenvalue weighted by Crippen LogP contribution is 2.45. The quantitative estimate of drug-likeness (QED) is 0.602. The zero-order valence-corrected chi connectivity index (χ0v) is 18.8. The van der Waals surface area contributed by atoms with Crippen molar-refractivity contribution in [3.05, 3.63) is 58.6 Å². The van der Waals surface area contributed by atoms with E-state index in [1.54, 1.807) is 43.0 Å². The number of esters is 1. The molecule has 2 aromatic rings. The number of thioether (sulfide) groups is 1. The summed E-state index contributed by atoms with van der Waals surface area (Å²) >= 11 is 7.90. The van der Waals surface area contributed by atoms with E-state index in [0.29, 0.717) is 27.8 Å². The summed E-state index contributed by atoms with van der Waals surface area (Å²) in [5, 5.41) is 0.113. The predicted octanol–water partition coefficient (Wildman–Crippen LogP) is 4.57. The van der Waals surface area contributed by atoms with Gasteiger partial charge in [-0.25, -0.2) is 4.79 Å². The van der Waals surface area contributed by atoms with Crippen LogP contribution < -0.4 is 9.47 Å². The first kappa shape index (κ1) is 22.3. The molecular formula is C22H24ClNO5S. The highest BCUT2D eigenvalue weighted by molar-refractivity contribution is 7.99. The Morgan fingerprint density at radius 3 is 2.30 bits per heavy atom. The molecule has 0 saturated carbocycles. The Balaban J connectivity index is 2.04. The van der Waals surface area contributed by atoms with Crippen LogP contribution in [0.3, 0.4) is 0 Å². The van der Waals surface area contributed by atoms with Crippen LogP contribution in [-0.4, -0.2) is 48.9 Å². The number of nitrogens with zero attached hydrogens (tertiary/aromatic N) is 1. The molecule has 1 saturated heterocycles. The van der Waals surface area contributed by atoms with Gasteiger partial charge >= 0.3 is 5.97 Å². The van der Waals surface area contributed by atoms with E-state index in [1.165, 1.54) is 26.0 Å². The Kier molecular flexibility index (Phi) is 7.15. The molecule has 0 spiro atoms. The van der Waals surface area contributed by atoms with Gasteiger partial charge < -0.3 is 19.1 Å². The molecule has 1 aliphatic rings. The Labute approximate surface area is 185 Å². The van der Waals surface area contributed by atoms with Crippen molar-refractivity contribution in [2.24, 2.45) is 0 Å². The van der Waals surface area contributed by atoms with Crippen molar-refractivity contribution in [3.8, 4) is 11.5 Å². The molecule has 6 nitrogen and oxygen atoms in total. The summed E-state index contributed by atoms with van der Waals surface area (Å²) in [6.07, 6.45) is -0.282. The van der Waals surface area contributed by atoms with Crippen LogP contribution in [-0.2, 0) is 9.53 Å². The summed E-state index contributed by atoms with van der Waals surface area (Å²) < 4.78 is 16.0. The minimum Gasteiger partial charge on any atom is -0.497 e. The van der Waals surface area contributed by atoms with Crippen molar-refractivity contribution in [1.82, 2.24) is 4.90 Å². The first-order chi connectivity index (χ1) is 14.3. The lowest BCUT2D eigenvalue weighted by Crippen LogP contribution is -2.44. The lowest BCUT2D eigenvalue weighted by Gasteiger charge is -2.29. The number of methoxy groups -OCH3 is 2. The molecule has 2 atom stereocenters. The molecule has 0 N–H and O–H groups in total. The minimum atomic E-state index is -0.733. The van der Waals surface area contributed by atoms with Crippen LogP contribution in [0.4, 0.5) is 0 Å². The predicted molar refractivity (Wildman–Crippen MR) is 117 cm³/mol. The second-order valence-electron chi connectivity index (χ2n) is 7.02. The van der Waals surface area contributed by atoms with E-state index in [-0.39, 0.29) is 12.0 Å². The smallest absolute Gasteiger partial charge is 0.330 e. The molecule has 2 aromatic carbocycles. The van der Waals surface area contributed by atoms with Crippen LogP contribution in [0.2, 0.25) is 5.02 Å². The first-order valence-electron chi connectivity index (χ1n) is 9.48. The molecule has 30 heavy (non-hydrogen) atoms. The summed E-state index contributed by atoms with van der Waals surface area (Å²) in [5.74, 6) is 0.622. The molecule has 160 valence electrons. The van der Waals surface area contributed by atoms with Crippen molar-refractivity contribution in [2.45, 2.75) is 31.4 Å². The van der Waals surface area contributed by atoms with Gasteiger partial charge in [-0.15, -0.1) is 11.8 Å². The maximum Gasteiger partial charge on any atom is 0.330 e. The Morgan fingerprint density at radius 2 is 1.73 bits per heavy atom. The van der Waals surface area contributed by atoms with E-state index in [1.807, 2.05) is 18.2 Å². The first-order valence-corrected chi connectivity index (χ1v) is 10.9. The van der Waals surface area contributed by atoms with Crippen LogP contribution in [0.15, 0.2) is 42.5 Å². The van der Waals surface area contributed by atoms with Gasteiger partial charge in [-0.05, 0) is 32.0 Å². The van der Waals surface area contributed by atoms with Crippen molar-refractivity contribution < 1.29 is 23.8 Å². The van der Waals surface area contributed by atoms with Crippen molar-refractivity contribution in [1.29, 1.82) is 0 Å². The normalized spacial score (nSPS) is 18.4. The number of benzene rings is 2. The maximum atomic E-state index is 13.6. The molecule has 1 fully saturated rings. The third-order valence-corrected chi connectivity index (χ3v) is 6.28. The number of amides is 1. The van der Waals surface area contributed by atoms with Crippen LogP contribution in [0.25, 0.3) is 0 Å². The molecule has 1 amide bonds. The van der Waals surface area contributed by atoms with Crippen molar-refractivity contribution in [2.75, 3.05) is 20.0 Å². The Bertz CT molecular complexity index is 913. The Hall–Kier alpha value is -2.38. The Morgan fingerprint density at radius 1 is 1.10 bits per heavy atom. The fraction of sp³-hybridized carbons (Fsp3) is 0.364. The van der Waals surface area contributed by atoms with Crippen LogP contribution in [0, 0.1) is 0 Å². The molecular weight excluding hydrogens is 426 g/mol. The average Bonchev–Trinajstić information content (AvgIpc) is 3.17. The van der Waals surface area contributed by atoms with E-state index >= 15 is 0 Å². The lowest BCUT2D eigenvalue weighted by molar-refractivity contribution is -0.151. The molecule has 1 aliphatic heterocycles. The van der Waals surface area contributed by atoms with Gasteiger partial charge in [0.2, 0.25) is 0 Å². The molecule has 1 heterocycles. The van der Waals surface area contributed by atoms with E-state index in [9.17, 15) is 9.59 Å². The number of rotatable bonds is 6. The van der Waals surface area contributed by atoms with Gasteiger partial charge in [0.1, 0.15) is 22.9 Å². The number of ether oxygens (including phenoxy) is 3. The van der Waals surface area contributed by atoms with Gasteiger partial charge in [-0.3, -0.25) is 4.79 Å². The SMILES string of the molecule is COc1cc(OC)cc(C(=O)N2C(C(=O)OC(C)C)CSC2c2ccccc2Cl)c1. The standard InChI is InChI=1S/C22H24ClNO5S/c1-13(2)29-22(26)19-12-30-21(17-7-5-6-8-18(17)23)24(19)20(25)14-9-15(27-3)11-16(10-14)28-4/h5-11,13,19,21H,12H2,1-4H3. The second kappa shape index (κ2) is 9.62. The van der Waals surface area contributed by atoms with Gasteiger partial charge in [-0.2, -0.15) is 0 Å². The molecule has 8 heteroatoms. The monoisotopic (exact) mass is 449 g/mol. The van der Waals surface area contributed by atoms with Gasteiger partial charge in [0.05, 0.1) is 20.3 Å². The third kappa shape index (κ3) is 4.68. The molecule has 0 radical (unpaired) electrons. The zero-order valence-electron chi connectivity index (χ0n) is 17.3. The van der Waals surface area contributed by atoms with Crippen LogP contribution in [0.5, 0.6) is 11.5 Å². The summed E-state index contributed by atoms with van der Waals surface area (Å²) in [7, 11) is 3.04. The molecule has 3 rings (SSSR count). The fourth-order valence-electron chi connectivity index (χ4n) is 3.24. The molecule has 0 bridgehead atoms. The van der Waals surface area contributed by atoms with Crippen LogP contribution >= 0.6 is 23.4 Å². The van der Waals surface area contributed by atoms with Crippen molar-refractivity contribution in [3.63, 3.8) is 0 Å². The summed E-state index contributed by atoms with van der Waals surface area (Å²) in [4.78, 5) is 28.0. The number of hydrogen-bond acceptors (Lipinski definition) is 6. The summed E-state index contributed by atoms with van der Waals surface area (Å²) in [6, 6.07) is 11.5. The van der Waals surface area contributed by atoms with Gasteiger partial charge in [0.15, 0.2) is 0 Å². The average molecular weight is 450 g/mol. The molecule has 0 aromatic heterocycles. The molecule has 2 unspecified atom stereocenters. The summed E-state index contributed by atoms with van der Waals surface area (Å²) in [6.45, 7) is 3.56. The second-order valence-corrected chi connectivity index (χ2v) is 8.54. The highest BCUT2D eigenvalue weighted by atomic mass is 35.5. The minimum absolute atomic E-state index is 0.282. The van der Waals surface area contributed by atoms with E-state index in [4.69, 9.17) is 25.8 Å². The zero-order chi connectivity index (χ0) is 21.8. The van der Waals surface area contributed by atoms with Gasteiger partial charge in [0, 0.05) is 28.0 Å². The van der Waals surface area contributed by atoms with Gasteiger partial charge in [0.25, 0.3) is 5.91 Å². The van der Waals surface area contributed by atoms with Gasteiger partial charge in [-0.1, -0.05) is 29.8 Å². The maximum absolute atomic E-state index is 13.6. The lowest BCUT2D eigenvalue weighted by atomic mass is 10.1. The van der Waals surface area contributed by atoms with Crippen LogP contribution in [0.1, 0.15) is 35.1 Å². The number of carbonyl (C=O) groups excluding carboxylic acids is 2. The summed E-state index contributed by atoms with van der Waals surface area (Å²) in [5.41, 5.74) is 1.13. The number of hydrogen-bond donors (Lipinski definition) is 0. The van der Waals surface area contributed by atoms with E-state index in [0.717, 1.165) is 5.56 Å². The molecule has 0 aliphatic carbocycles. The topological polar surface area (TPSA) is 65.1 Å². The van der Waals surface area contributed by atoms with Crippen molar-refractivity contribution >= 4 is 35.2 Å². The van der Waals surface area contributed by atoms with E-state index < -0.39 is 17.4 Å². The highest BCUT2D eigenvalue weighted by Gasteiger charge is 2.44.